The minimum atomic E-state index is 0. The molecule has 0 spiro atoms. The van der Waals surface area contributed by atoms with Crippen LogP contribution in [0.15, 0.2) is 4.99 Å². The molecule has 0 radical (unpaired) electrons. The molecule has 8 heteroatoms. The van der Waals surface area contributed by atoms with Gasteiger partial charge in [0.2, 0.25) is 5.91 Å². The minimum absolute atomic E-state index is 0. The van der Waals surface area contributed by atoms with Crippen LogP contribution < -0.4 is 10.6 Å². The summed E-state index contributed by atoms with van der Waals surface area (Å²) in [7, 11) is 5.35. The lowest BCUT2D eigenvalue weighted by Crippen LogP contribution is -2.60. The van der Waals surface area contributed by atoms with Crippen molar-refractivity contribution in [2.24, 2.45) is 4.99 Å². The zero-order chi connectivity index (χ0) is 18.1. The molecule has 1 amide bonds. The lowest BCUT2D eigenvalue weighted by atomic mass is 9.80. The van der Waals surface area contributed by atoms with E-state index >= 15 is 0 Å². The molecule has 0 aromatic carbocycles. The van der Waals surface area contributed by atoms with Gasteiger partial charge in [0.1, 0.15) is 0 Å². The van der Waals surface area contributed by atoms with E-state index in [0.717, 1.165) is 38.8 Å². The topological polar surface area (TPSA) is 69.2 Å². The summed E-state index contributed by atoms with van der Waals surface area (Å²) in [5, 5.41) is 6.77. The van der Waals surface area contributed by atoms with Crippen molar-refractivity contribution in [2.75, 3.05) is 60.5 Å². The van der Waals surface area contributed by atoms with Crippen LogP contribution in [-0.4, -0.2) is 87.7 Å². The van der Waals surface area contributed by atoms with E-state index in [1.165, 1.54) is 32.1 Å². The number of amides is 1. The van der Waals surface area contributed by atoms with Gasteiger partial charge in [-0.15, -0.1) is 24.0 Å². The summed E-state index contributed by atoms with van der Waals surface area (Å²) in [5.74, 6) is 0.907. The van der Waals surface area contributed by atoms with Crippen LogP contribution in [0.2, 0.25) is 0 Å². The van der Waals surface area contributed by atoms with E-state index in [1.807, 2.05) is 0 Å². The van der Waals surface area contributed by atoms with E-state index in [4.69, 9.17) is 4.74 Å². The molecule has 0 aromatic heterocycles. The maximum atomic E-state index is 11.7. The van der Waals surface area contributed by atoms with Gasteiger partial charge in [-0.3, -0.25) is 14.7 Å². The predicted molar refractivity (Wildman–Crippen MR) is 116 cm³/mol. The molecule has 0 unspecified atom stereocenters. The largest absolute Gasteiger partial charge is 0.379 e. The van der Waals surface area contributed by atoms with Crippen molar-refractivity contribution in [3.8, 4) is 0 Å². The number of carbonyl (C=O) groups is 1. The highest BCUT2D eigenvalue weighted by Crippen LogP contribution is 2.33. The van der Waals surface area contributed by atoms with E-state index in [9.17, 15) is 4.79 Å². The molecule has 1 aliphatic heterocycles. The summed E-state index contributed by atoms with van der Waals surface area (Å²) in [6.07, 6.45) is 6.87. The third kappa shape index (κ3) is 6.84. The first-order valence-electron chi connectivity index (χ1n) is 9.55. The number of guanidine groups is 1. The average molecular weight is 481 g/mol. The van der Waals surface area contributed by atoms with Gasteiger partial charge in [0.05, 0.1) is 13.2 Å². The number of hydrogen-bond acceptors (Lipinski definition) is 4. The Balaban J connectivity index is 0.00000338. The van der Waals surface area contributed by atoms with Gasteiger partial charge in [0.25, 0.3) is 0 Å². The SMILES string of the molecule is CN=C(NCCC(=O)N(C)C)NCC1(N2CCOCC2)CCCCC1.I. The summed E-state index contributed by atoms with van der Waals surface area (Å²) in [4.78, 5) is 20.2. The summed E-state index contributed by atoms with van der Waals surface area (Å²) >= 11 is 0. The number of aliphatic imine (C=N–C) groups is 1. The number of carbonyl (C=O) groups excluding carboxylic acids is 1. The predicted octanol–water partition coefficient (Wildman–Crippen LogP) is 1.28. The smallest absolute Gasteiger partial charge is 0.223 e. The number of nitrogens with one attached hydrogen (secondary N) is 2. The van der Waals surface area contributed by atoms with Crippen molar-refractivity contribution in [3.63, 3.8) is 0 Å². The highest BCUT2D eigenvalue weighted by molar-refractivity contribution is 14.0. The van der Waals surface area contributed by atoms with Crippen LogP contribution in [0, 0.1) is 0 Å². The fourth-order valence-corrected chi connectivity index (χ4v) is 3.83. The molecular weight excluding hydrogens is 445 g/mol. The molecule has 0 aromatic rings. The molecule has 0 bridgehead atoms. The van der Waals surface area contributed by atoms with Crippen LogP contribution in [0.1, 0.15) is 38.5 Å². The molecule has 152 valence electrons. The number of ether oxygens (including phenoxy) is 1. The molecule has 7 nitrogen and oxygen atoms in total. The highest BCUT2D eigenvalue weighted by Gasteiger charge is 2.38. The van der Waals surface area contributed by atoms with Crippen molar-refractivity contribution in [1.82, 2.24) is 20.4 Å². The first-order valence-corrected chi connectivity index (χ1v) is 9.55. The van der Waals surface area contributed by atoms with Crippen molar-refractivity contribution in [1.29, 1.82) is 0 Å². The Hall–Kier alpha value is -0.610. The zero-order valence-electron chi connectivity index (χ0n) is 16.6. The Bertz CT molecular complexity index is 447. The van der Waals surface area contributed by atoms with Gasteiger partial charge in [-0.25, -0.2) is 0 Å². The third-order valence-corrected chi connectivity index (χ3v) is 5.40. The van der Waals surface area contributed by atoms with Crippen LogP contribution in [0.3, 0.4) is 0 Å². The number of nitrogens with zero attached hydrogens (tertiary/aromatic N) is 3. The molecule has 2 fully saturated rings. The molecule has 1 saturated heterocycles. The number of hydrogen-bond donors (Lipinski definition) is 2. The molecule has 1 heterocycles. The van der Waals surface area contributed by atoms with Crippen LogP contribution in [0.5, 0.6) is 0 Å². The molecule has 0 atom stereocenters. The molecule has 2 aliphatic rings. The van der Waals surface area contributed by atoms with Gasteiger partial charge in [-0.2, -0.15) is 0 Å². The Kier molecular flexibility index (Phi) is 10.8. The standard InChI is InChI=1S/C18H35N5O2.HI/c1-19-17(20-10-7-16(24)22(2)3)21-15-18(8-5-4-6-9-18)23-11-13-25-14-12-23;/h4-15H2,1-3H3,(H2,19,20,21);1H. The van der Waals surface area contributed by atoms with Gasteiger partial charge < -0.3 is 20.3 Å². The van der Waals surface area contributed by atoms with Crippen molar-refractivity contribution in [2.45, 2.75) is 44.1 Å². The summed E-state index contributed by atoms with van der Waals surface area (Å²) < 4.78 is 5.54. The Morgan fingerprint density at radius 2 is 1.81 bits per heavy atom. The van der Waals surface area contributed by atoms with Crippen LogP contribution >= 0.6 is 24.0 Å². The maximum Gasteiger partial charge on any atom is 0.223 e. The molecule has 26 heavy (non-hydrogen) atoms. The first-order chi connectivity index (χ1) is 12.1. The summed E-state index contributed by atoms with van der Waals surface area (Å²) in [5.41, 5.74) is 0.207. The summed E-state index contributed by atoms with van der Waals surface area (Å²) in [6.45, 7) is 5.20. The van der Waals surface area contributed by atoms with Crippen LogP contribution in [0.4, 0.5) is 0 Å². The second-order valence-electron chi connectivity index (χ2n) is 7.28. The lowest BCUT2D eigenvalue weighted by Gasteiger charge is -2.48. The lowest BCUT2D eigenvalue weighted by molar-refractivity contribution is -0.128. The Morgan fingerprint density at radius 3 is 2.38 bits per heavy atom. The van der Waals surface area contributed by atoms with E-state index in [1.54, 1.807) is 26.0 Å². The zero-order valence-corrected chi connectivity index (χ0v) is 18.9. The van der Waals surface area contributed by atoms with Gasteiger partial charge in [0, 0.05) is 59.3 Å². The molecule has 1 saturated carbocycles. The average Bonchev–Trinajstić information content (AvgIpc) is 2.65. The van der Waals surface area contributed by atoms with Gasteiger partial charge >= 0.3 is 0 Å². The van der Waals surface area contributed by atoms with E-state index in [2.05, 4.69) is 20.5 Å². The number of halogens is 1. The van der Waals surface area contributed by atoms with Crippen molar-refractivity contribution in [3.05, 3.63) is 0 Å². The fourth-order valence-electron chi connectivity index (χ4n) is 3.83. The van der Waals surface area contributed by atoms with Gasteiger partial charge in [-0.1, -0.05) is 19.3 Å². The van der Waals surface area contributed by atoms with Crippen LogP contribution in [0.25, 0.3) is 0 Å². The molecule has 1 aliphatic carbocycles. The fraction of sp³-hybridized carbons (Fsp3) is 0.889. The monoisotopic (exact) mass is 481 g/mol. The Morgan fingerprint density at radius 1 is 1.15 bits per heavy atom. The van der Waals surface area contributed by atoms with E-state index in [0.29, 0.717) is 13.0 Å². The van der Waals surface area contributed by atoms with E-state index in [-0.39, 0.29) is 35.4 Å². The molecular formula is C18H36IN5O2. The normalized spacial score (nSPS) is 20.8. The van der Waals surface area contributed by atoms with Gasteiger partial charge in [0.15, 0.2) is 5.96 Å². The number of morpholine rings is 1. The van der Waals surface area contributed by atoms with Gasteiger partial charge in [-0.05, 0) is 12.8 Å². The van der Waals surface area contributed by atoms with Crippen molar-refractivity contribution < 1.29 is 9.53 Å². The Labute approximate surface area is 175 Å². The quantitative estimate of drug-likeness (QED) is 0.340. The third-order valence-electron chi connectivity index (χ3n) is 5.40. The molecule has 2 rings (SSSR count). The second kappa shape index (κ2) is 12.0. The van der Waals surface area contributed by atoms with E-state index < -0.39 is 0 Å². The minimum Gasteiger partial charge on any atom is -0.379 e. The summed E-state index contributed by atoms with van der Waals surface area (Å²) in [6, 6.07) is 0. The molecule has 2 N–H and O–H groups in total. The van der Waals surface area contributed by atoms with Crippen LogP contribution in [-0.2, 0) is 9.53 Å². The highest BCUT2D eigenvalue weighted by atomic mass is 127. The first kappa shape index (κ1) is 23.4. The maximum absolute atomic E-state index is 11.7. The second-order valence-corrected chi connectivity index (χ2v) is 7.28. The number of rotatable bonds is 6. The van der Waals surface area contributed by atoms with Crippen molar-refractivity contribution >= 4 is 35.8 Å².